The number of quaternary nitrogens is 1. The maximum Gasteiger partial charge on any atom is 0.303 e. The molecule has 1 fully saturated rings. The number of nitrogens with zero attached hydrogens (tertiary/aromatic N) is 1. The summed E-state index contributed by atoms with van der Waals surface area (Å²) in [5, 5.41) is 0. The molecule has 2 atom stereocenters. The van der Waals surface area contributed by atoms with Gasteiger partial charge in [-0.3, -0.25) is 14.5 Å². The second-order valence-corrected chi connectivity index (χ2v) is 6.75. The molecule has 0 spiro atoms. The van der Waals surface area contributed by atoms with Crippen LogP contribution in [0.3, 0.4) is 0 Å². The number of ketones is 1. The first-order valence-corrected chi connectivity index (χ1v) is 7.85. The van der Waals surface area contributed by atoms with Crippen molar-refractivity contribution in [2.24, 2.45) is 5.92 Å². The van der Waals surface area contributed by atoms with Crippen LogP contribution in [0.5, 0.6) is 0 Å². The van der Waals surface area contributed by atoms with Gasteiger partial charge in [-0.2, -0.15) is 0 Å². The predicted molar refractivity (Wildman–Crippen MR) is 79.9 cm³/mol. The minimum absolute atomic E-state index is 0.384. The van der Waals surface area contributed by atoms with Gasteiger partial charge >= 0.3 is 5.91 Å². The molecule has 5 heteroatoms. The number of hydrogen-bond acceptors (Lipinski definition) is 2. The lowest BCUT2D eigenvalue weighted by Gasteiger charge is -2.30. The fraction of sp³-hybridized carbons (Fsp3) is 0.467. The predicted octanol–water partition coefficient (Wildman–Crippen LogP) is 1.25. The topological polar surface area (TPSA) is 41.8 Å². The third-order valence-corrected chi connectivity index (χ3v) is 4.67. The molecule has 0 aromatic heterocycles. The largest absolute Gasteiger partial charge is 0.317 e. The van der Waals surface area contributed by atoms with Crippen LogP contribution in [-0.4, -0.2) is 31.4 Å². The van der Waals surface area contributed by atoms with Crippen LogP contribution >= 0.6 is 15.9 Å². The van der Waals surface area contributed by atoms with E-state index in [-0.39, 0.29) is 11.7 Å². The van der Waals surface area contributed by atoms with Crippen molar-refractivity contribution in [1.82, 2.24) is 0 Å². The number of hydrogen-bond donors (Lipinski definition) is 1. The summed E-state index contributed by atoms with van der Waals surface area (Å²) < 4.78 is 0.832. The standard InChI is InChI=1S/C15H17BrN2O2/c1-10-3-2-6-17(8-10)9-18-13-5-4-11(16)7-12(13)14(19)15(18)20/h4-5,7,10H,2-3,6,8-9H2,1H3/p+1/t10-/m1/s1. The summed E-state index contributed by atoms with van der Waals surface area (Å²) in [6.07, 6.45) is 2.46. The van der Waals surface area contributed by atoms with E-state index in [1.54, 1.807) is 11.0 Å². The Morgan fingerprint density at radius 1 is 1.40 bits per heavy atom. The van der Waals surface area contributed by atoms with E-state index >= 15 is 0 Å². The Kier molecular flexibility index (Phi) is 3.65. The second-order valence-electron chi connectivity index (χ2n) is 5.83. The number of benzene rings is 1. The number of rotatable bonds is 2. The molecular weight excluding hydrogens is 320 g/mol. The van der Waals surface area contributed by atoms with Crippen molar-refractivity contribution in [3.8, 4) is 0 Å². The molecule has 20 heavy (non-hydrogen) atoms. The highest BCUT2D eigenvalue weighted by molar-refractivity contribution is 9.10. The maximum atomic E-state index is 12.2. The smallest absolute Gasteiger partial charge is 0.303 e. The lowest BCUT2D eigenvalue weighted by Crippen LogP contribution is -3.15. The lowest BCUT2D eigenvalue weighted by molar-refractivity contribution is -0.907. The van der Waals surface area contributed by atoms with Crippen molar-refractivity contribution in [2.45, 2.75) is 19.8 Å². The molecule has 1 aromatic carbocycles. The second kappa shape index (κ2) is 5.30. The molecule has 0 aliphatic carbocycles. The van der Waals surface area contributed by atoms with Crippen LogP contribution < -0.4 is 9.80 Å². The Morgan fingerprint density at radius 2 is 2.20 bits per heavy atom. The quantitative estimate of drug-likeness (QED) is 0.825. The zero-order chi connectivity index (χ0) is 14.3. The monoisotopic (exact) mass is 337 g/mol. The number of nitrogens with one attached hydrogen (secondary N) is 1. The lowest BCUT2D eigenvalue weighted by atomic mass is 10.0. The Hall–Kier alpha value is -1.20. The molecule has 0 radical (unpaired) electrons. The van der Waals surface area contributed by atoms with E-state index in [0.717, 1.165) is 23.2 Å². The van der Waals surface area contributed by atoms with Gasteiger partial charge in [0.25, 0.3) is 5.78 Å². The first-order chi connectivity index (χ1) is 9.56. The van der Waals surface area contributed by atoms with Crippen LogP contribution in [0, 0.1) is 5.92 Å². The summed E-state index contributed by atoms with van der Waals surface area (Å²) in [6, 6.07) is 5.48. The highest BCUT2D eigenvalue weighted by Crippen LogP contribution is 2.30. The normalized spacial score (nSPS) is 26.0. The van der Waals surface area contributed by atoms with Crippen molar-refractivity contribution >= 4 is 33.3 Å². The average Bonchev–Trinajstić information content (AvgIpc) is 2.64. The summed E-state index contributed by atoms with van der Waals surface area (Å²) in [6.45, 7) is 5.00. The summed E-state index contributed by atoms with van der Waals surface area (Å²) in [7, 11) is 0. The van der Waals surface area contributed by atoms with Gasteiger partial charge in [-0.15, -0.1) is 0 Å². The molecule has 1 amide bonds. The van der Waals surface area contributed by atoms with E-state index in [1.165, 1.54) is 17.7 Å². The van der Waals surface area contributed by atoms with Gasteiger partial charge < -0.3 is 4.90 Å². The number of piperidine rings is 1. The SMILES string of the molecule is C[C@@H]1CCC[NH+](CN2C(=O)C(=O)c3cc(Br)ccc32)C1. The Balaban J connectivity index is 1.84. The van der Waals surface area contributed by atoms with E-state index in [9.17, 15) is 9.59 Å². The third kappa shape index (κ3) is 2.40. The van der Waals surface area contributed by atoms with Crippen molar-refractivity contribution in [2.75, 3.05) is 24.7 Å². The van der Waals surface area contributed by atoms with Crippen molar-refractivity contribution in [3.05, 3.63) is 28.2 Å². The number of halogens is 1. The Morgan fingerprint density at radius 3 is 2.95 bits per heavy atom. The molecule has 106 valence electrons. The molecule has 3 rings (SSSR count). The number of carbonyl (C=O) groups excluding carboxylic acids is 2. The number of anilines is 1. The van der Waals surface area contributed by atoms with Gasteiger partial charge in [-0.1, -0.05) is 22.9 Å². The van der Waals surface area contributed by atoms with E-state index in [4.69, 9.17) is 0 Å². The van der Waals surface area contributed by atoms with Crippen molar-refractivity contribution < 1.29 is 14.5 Å². The number of fused-ring (bicyclic) bond motifs is 1. The molecule has 2 aliphatic heterocycles. The number of carbonyl (C=O) groups is 2. The van der Waals surface area contributed by atoms with Gasteiger partial charge in [0.05, 0.1) is 24.3 Å². The van der Waals surface area contributed by atoms with Gasteiger partial charge in [0.15, 0.2) is 6.67 Å². The molecule has 1 N–H and O–H groups in total. The molecule has 1 aromatic rings. The van der Waals surface area contributed by atoms with Crippen LogP contribution in [0.4, 0.5) is 5.69 Å². The molecule has 2 heterocycles. The van der Waals surface area contributed by atoms with Crippen LogP contribution in [-0.2, 0) is 4.79 Å². The first-order valence-electron chi connectivity index (χ1n) is 7.05. The minimum Gasteiger partial charge on any atom is -0.317 e. The average molecular weight is 338 g/mol. The van der Waals surface area contributed by atoms with E-state index < -0.39 is 0 Å². The summed E-state index contributed by atoms with van der Waals surface area (Å²) in [4.78, 5) is 27.3. The Bertz CT molecular complexity index is 573. The molecule has 2 aliphatic rings. The number of likely N-dealkylation sites (tertiary alicyclic amines) is 1. The molecule has 0 saturated carbocycles. The molecule has 1 unspecified atom stereocenters. The van der Waals surface area contributed by atoms with Crippen molar-refractivity contribution in [3.63, 3.8) is 0 Å². The third-order valence-electron chi connectivity index (χ3n) is 4.18. The van der Waals surface area contributed by atoms with Crippen molar-refractivity contribution in [1.29, 1.82) is 0 Å². The molecule has 0 bridgehead atoms. The van der Waals surface area contributed by atoms with E-state index in [0.29, 0.717) is 18.2 Å². The highest BCUT2D eigenvalue weighted by Gasteiger charge is 2.38. The summed E-state index contributed by atoms with van der Waals surface area (Å²) >= 11 is 3.35. The van der Waals surface area contributed by atoms with Crippen LogP contribution in [0.1, 0.15) is 30.1 Å². The van der Waals surface area contributed by atoms with Gasteiger partial charge in [-0.25, -0.2) is 0 Å². The Labute approximate surface area is 126 Å². The van der Waals surface area contributed by atoms with Crippen LogP contribution in [0.25, 0.3) is 0 Å². The molecular formula is C15H18BrN2O2+. The fourth-order valence-electron chi connectivity index (χ4n) is 3.19. The molecule has 1 saturated heterocycles. The zero-order valence-corrected chi connectivity index (χ0v) is 13.1. The van der Waals surface area contributed by atoms with E-state index in [1.807, 2.05) is 12.1 Å². The van der Waals surface area contributed by atoms with Gasteiger partial charge in [0.1, 0.15) is 0 Å². The summed E-state index contributed by atoms with van der Waals surface area (Å²) in [5.41, 5.74) is 1.28. The van der Waals surface area contributed by atoms with Gasteiger partial charge in [0, 0.05) is 10.4 Å². The fourth-order valence-corrected chi connectivity index (χ4v) is 3.56. The molecule has 4 nitrogen and oxygen atoms in total. The summed E-state index contributed by atoms with van der Waals surface area (Å²) in [5.74, 6) is -0.0777. The van der Waals surface area contributed by atoms with Gasteiger partial charge in [-0.05, 0) is 31.0 Å². The van der Waals surface area contributed by atoms with E-state index in [2.05, 4.69) is 22.9 Å². The van der Waals surface area contributed by atoms with Crippen LogP contribution in [0.15, 0.2) is 22.7 Å². The first kappa shape index (κ1) is 13.8. The van der Waals surface area contributed by atoms with Crippen LogP contribution in [0.2, 0.25) is 0 Å². The minimum atomic E-state index is -0.385. The van der Waals surface area contributed by atoms with Gasteiger partial charge in [0.2, 0.25) is 0 Å². The number of amides is 1. The highest BCUT2D eigenvalue weighted by atomic mass is 79.9. The number of Topliss-reactive ketones (excluding diaryl/α,β-unsaturated/α-hetero) is 1. The zero-order valence-electron chi connectivity index (χ0n) is 11.5. The maximum absolute atomic E-state index is 12.2.